The summed E-state index contributed by atoms with van der Waals surface area (Å²) in [4.78, 5) is 0. The molecule has 0 atom stereocenters. The van der Waals surface area contributed by atoms with Crippen molar-refractivity contribution < 1.29 is 13.3 Å². The predicted octanol–water partition coefficient (Wildman–Crippen LogP) is 3.12. The van der Waals surface area contributed by atoms with Gasteiger partial charge in [-0.25, -0.2) is 8.78 Å². The third-order valence-corrected chi connectivity index (χ3v) is 2.27. The number of aromatic nitrogens is 1. The average Bonchev–Trinajstić information content (AvgIpc) is 2.63. The lowest BCUT2D eigenvalue weighted by atomic mass is 10.0. The van der Waals surface area contributed by atoms with Crippen LogP contribution in [-0.4, -0.2) is 11.1 Å². The van der Waals surface area contributed by atoms with Gasteiger partial charge >= 0.3 is 0 Å². The Morgan fingerprint density at radius 1 is 1.35 bits per heavy atom. The molecule has 0 saturated carbocycles. The molecule has 90 valence electrons. The van der Waals surface area contributed by atoms with Gasteiger partial charge in [0.25, 0.3) is 0 Å². The number of nitrogens with two attached hydrogens (primary N) is 1. The molecule has 3 nitrogen and oxygen atoms in total. The van der Waals surface area contributed by atoms with Crippen LogP contribution in [0.1, 0.15) is 12.5 Å². The third-order valence-electron chi connectivity index (χ3n) is 2.27. The number of rotatable bonds is 3. The molecule has 0 fully saturated rings. The van der Waals surface area contributed by atoms with Gasteiger partial charge in [-0.05, 0) is 18.6 Å². The Hall–Kier alpha value is -1.91. The normalized spacial score (nSPS) is 11.7. The van der Waals surface area contributed by atoms with Gasteiger partial charge in [0.2, 0.25) is 11.8 Å². The van der Waals surface area contributed by atoms with E-state index in [2.05, 4.69) is 5.16 Å². The summed E-state index contributed by atoms with van der Waals surface area (Å²) in [6.45, 7) is 0.897. The van der Waals surface area contributed by atoms with Crippen LogP contribution in [0.15, 0.2) is 34.9 Å². The lowest BCUT2D eigenvalue weighted by molar-refractivity contribution is 0.0226. The van der Waals surface area contributed by atoms with E-state index in [1.807, 2.05) is 0 Å². The minimum absolute atomic E-state index is 0.200. The Morgan fingerprint density at radius 2 is 2.12 bits per heavy atom. The molecule has 0 saturated heterocycles. The smallest absolute Gasteiger partial charge is 0.249 e. The molecule has 0 unspecified atom stereocenters. The lowest BCUT2D eigenvalue weighted by Gasteiger charge is -2.10. The van der Waals surface area contributed by atoms with Crippen LogP contribution in [0, 0.1) is 0 Å². The second kappa shape index (κ2) is 4.16. The molecule has 0 radical (unpaired) electrons. The van der Waals surface area contributed by atoms with Crippen molar-refractivity contribution in [2.75, 3.05) is 5.73 Å². The van der Waals surface area contributed by atoms with Crippen molar-refractivity contribution in [1.82, 2.24) is 5.16 Å². The molecule has 17 heavy (non-hydrogen) atoms. The molecule has 0 amide bonds. The quantitative estimate of drug-likeness (QED) is 0.893. The summed E-state index contributed by atoms with van der Waals surface area (Å²) in [5.74, 6) is -2.52. The van der Waals surface area contributed by atoms with Gasteiger partial charge in [-0.2, -0.15) is 0 Å². The molecular formula is C12H12F2N2O. The first kappa shape index (κ1) is 11.6. The largest absolute Gasteiger partial charge is 0.368 e. The fraction of sp³-hybridized carbons (Fsp3) is 0.250. The van der Waals surface area contributed by atoms with E-state index in [0.717, 1.165) is 6.92 Å². The van der Waals surface area contributed by atoms with Gasteiger partial charge in [0, 0.05) is 18.1 Å². The summed E-state index contributed by atoms with van der Waals surface area (Å²) in [6, 6.07) is 8.36. The van der Waals surface area contributed by atoms with Gasteiger partial charge in [0.1, 0.15) is 5.69 Å². The lowest BCUT2D eigenvalue weighted by Crippen LogP contribution is -2.13. The first-order valence-corrected chi connectivity index (χ1v) is 5.13. The zero-order chi connectivity index (χ0) is 12.5. The molecule has 1 heterocycles. The van der Waals surface area contributed by atoms with Crippen LogP contribution in [0.4, 0.5) is 14.7 Å². The Labute approximate surface area is 97.2 Å². The standard InChI is InChI=1S/C12H12F2N2O/c1-12(13,14)7-8-3-2-4-9(5-8)10-6-11(15)17-16-10/h2-6H,7,15H2,1H3. The zero-order valence-corrected chi connectivity index (χ0v) is 9.28. The second-order valence-corrected chi connectivity index (χ2v) is 4.06. The number of alkyl halides is 2. The van der Waals surface area contributed by atoms with Gasteiger partial charge in [0.15, 0.2) is 0 Å². The van der Waals surface area contributed by atoms with Crippen molar-refractivity contribution in [2.24, 2.45) is 0 Å². The van der Waals surface area contributed by atoms with Crippen molar-refractivity contribution in [3.05, 3.63) is 35.9 Å². The summed E-state index contributed by atoms with van der Waals surface area (Å²) in [5, 5.41) is 3.74. The Morgan fingerprint density at radius 3 is 2.71 bits per heavy atom. The van der Waals surface area contributed by atoms with Crippen molar-refractivity contribution in [3.63, 3.8) is 0 Å². The first-order valence-electron chi connectivity index (χ1n) is 5.13. The van der Waals surface area contributed by atoms with E-state index in [-0.39, 0.29) is 12.3 Å². The summed E-state index contributed by atoms with van der Waals surface area (Å²) in [5.41, 5.74) is 7.22. The summed E-state index contributed by atoms with van der Waals surface area (Å²) < 4.78 is 30.5. The highest BCUT2D eigenvalue weighted by molar-refractivity contribution is 5.61. The minimum atomic E-state index is -2.72. The van der Waals surface area contributed by atoms with Gasteiger partial charge in [-0.3, -0.25) is 0 Å². The van der Waals surface area contributed by atoms with Crippen LogP contribution < -0.4 is 5.73 Å². The second-order valence-electron chi connectivity index (χ2n) is 4.06. The van der Waals surface area contributed by atoms with Crippen LogP contribution in [-0.2, 0) is 6.42 Å². The highest BCUT2D eigenvalue weighted by atomic mass is 19.3. The van der Waals surface area contributed by atoms with E-state index in [0.29, 0.717) is 16.8 Å². The summed E-state index contributed by atoms with van der Waals surface area (Å²) >= 11 is 0. The summed E-state index contributed by atoms with van der Waals surface area (Å²) in [7, 11) is 0. The molecule has 2 N–H and O–H groups in total. The average molecular weight is 238 g/mol. The number of nitrogens with zero attached hydrogens (tertiary/aromatic N) is 1. The highest BCUT2D eigenvalue weighted by Gasteiger charge is 2.21. The van der Waals surface area contributed by atoms with Crippen LogP contribution in [0.25, 0.3) is 11.3 Å². The van der Waals surface area contributed by atoms with E-state index in [4.69, 9.17) is 10.3 Å². The van der Waals surface area contributed by atoms with Gasteiger partial charge < -0.3 is 10.3 Å². The number of anilines is 1. The van der Waals surface area contributed by atoms with Crippen LogP contribution >= 0.6 is 0 Å². The SMILES string of the molecule is CC(F)(F)Cc1cccc(-c2cc(N)on2)c1. The van der Waals surface area contributed by atoms with Crippen LogP contribution in [0.2, 0.25) is 0 Å². The number of nitrogen functional groups attached to an aromatic ring is 1. The predicted molar refractivity (Wildman–Crippen MR) is 60.7 cm³/mol. The molecular weight excluding hydrogens is 226 g/mol. The third kappa shape index (κ3) is 3.03. The molecule has 0 bridgehead atoms. The van der Waals surface area contributed by atoms with Crippen LogP contribution in [0.3, 0.4) is 0 Å². The van der Waals surface area contributed by atoms with Gasteiger partial charge in [-0.1, -0.05) is 23.4 Å². The van der Waals surface area contributed by atoms with E-state index >= 15 is 0 Å². The van der Waals surface area contributed by atoms with Crippen molar-refractivity contribution in [2.45, 2.75) is 19.3 Å². The van der Waals surface area contributed by atoms with E-state index < -0.39 is 5.92 Å². The number of hydrogen-bond acceptors (Lipinski definition) is 3. The monoisotopic (exact) mass is 238 g/mol. The molecule has 5 heteroatoms. The minimum Gasteiger partial charge on any atom is -0.368 e. The zero-order valence-electron chi connectivity index (χ0n) is 9.28. The molecule has 0 aliphatic carbocycles. The Balaban J connectivity index is 2.29. The fourth-order valence-corrected chi connectivity index (χ4v) is 1.62. The summed E-state index contributed by atoms with van der Waals surface area (Å²) in [6.07, 6.45) is -0.297. The fourth-order valence-electron chi connectivity index (χ4n) is 1.62. The molecule has 1 aromatic heterocycles. The molecule has 1 aromatic carbocycles. The highest BCUT2D eigenvalue weighted by Crippen LogP contribution is 2.24. The van der Waals surface area contributed by atoms with Crippen molar-refractivity contribution in [3.8, 4) is 11.3 Å². The maximum atomic E-state index is 12.9. The van der Waals surface area contributed by atoms with Crippen molar-refractivity contribution >= 4 is 5.88 Å². The molecule has 2 rings (SSSR count). The Kier molecular flexibility index (Phi) is 2.83. The molecule has 0 aliphatic rings. The molecule has 2 aromatic rings. The first-order chi connectivity index (χ1) is 7.94. The van der Waals surface area contributed by atoms with E-state index in [9.17, 15) is 8.78 Å². The van der Waals surface area contributed by atoms with E-state index in [1.165, 1.54) is 0 Å². The van der Waals surface area contributed by atoms with Gasteiger partial charge in [0.05, 0.1) is 0 Å². The molecule has 0 aliphatic heterocycles. The topological polar surface area (TPSA) is 52.0 Å². The van der Waals surface area contributed by atoms with E-state index in [1.54, 1.807) is 30.3 Å². The number of halogens is 2. The van der Waals surface area contributed by atoms with Gasteiger partial charge in [-0.15, -0.1) is 0 Å². The van der Waals surface area contributed by atoms with Crippen LogP contribution in [0.5, 0.6) is 0 Å². The Bertz CT molecular complexity index is 517. The van der Waals surface area contributed by atoms with Crippen molar-refractivity contribution in [1.29, 1.82) is 0 Å². The maximum absolute atomic E-state index is 12.9. The number of benzene rings is 1. The maximum Gasteiger partial charge on any atom is 0.249 e. The molecule has 0 spiro atoms. The number of hydrogen-bond donors (Lipinski definition) is 1.